The minimum atomic E-state index is -0.621. The summed E-state index contributed by atoms with van der Waals surface area (Å²) in [5, 5.41) is 12.8. The Kier molecular flexibility index (Phi) is 6.26. The number of ether oxygens (including phenoxy) is 2. The van der Waals surface area contributed by atoms with Gasteiger partial charge in [0.25, 0.3) is 5.91 Å². The highest BCUT2D eigenvalue weighted by Crippen LogP contribution is 2.29. The first-order chi connectivity index (χ1) is 14.4. The van der Waals surface area contributed by atoms with Crippen molar-refractivity contribution in [3.8, 4) is 11.5 Å². The Morgan fingerprint density at radius 2 is 1.80 bits per heavy atom. The van der Waals surface area contributed by atoms with Gasteiger partial charge >= 0.3 is 0 Å². The number of carbonyl (C=O) groups is 2. The summed E-state index contributed by atoms with van der Waals surface area (Å²) >= 11 is 0. The van der Waals surface area contributed by atoms with Crippen molar-refractivity contribution in [2.45, 2.75) is 13.5 Å². The number of hydrogen-bond acceptors (Lipinski definition) is 6. The average molecular weight is 413 g/mol. The summed E-state index contributed by atoms with van der Waals surface area (Å²) in [4.78, 5) is 24.8. The molecule has 0 aliphatic heterocycles. The van der Waals surface area contributed by atoms with Crippen molar-refractivity contribution in [1.29, 1.82) is 0 Å². The molecule has 0 fully saturated rings. The van der Waals surface area contributed by atoms with Gasteiger partial charge in [-0.2, -0.15) is 0 Å². The fraction of sp³-hybridized carbons (Fsp3) is 0.200. The summed E-state index contributed by atoms with van der Waals surface area (Å²) < 4.78 is 25.4. The Bertz CT molecular complexity index is 1080. The normalized spacial score (nSPS) is 10.4. The van der Waals surface area contributed by atoms with Crippen LogP contribution in [0.4, 0.5) is 15.8 Å². The molecule has 0 aliphatic rings. The highest BCUT2D eigenvalue weighted by atomic mass is 19.1. The summed E-state index contributed by atoms with van der Waals surface area (Å²) in [6.45, 7) is 1.43. The maximum atomic E-state index is 13.7. The summed E-state index contributed by atoms with van der Waals surface area (Å²) in [5.41, 5.74) is 0.902. The minimum Gasteiger partial charge on any atom is -0.493 e. The molecule has 156 valence electrons. The maximum Gasteiger partial charge on any atom is 0.278 e. The molecule has 0 unspecified atom stereocenters. The summed E-state index contributed by atoms with van der Waals surface area (Å²) in [7, 11) is 3.01. The minimum absolute atomic E-state index is 0.00262. The molecular weight excluding hydrogens is 393 g/mol. The predicted octanol–water partition coefficient (Wildman–Crippen LogP) is 2.63. The standard InChI is InChI=1S/C20H20FN5O4/c1-12-19(20(28)23-15-7-5-4-6-14(15)21)24-25-26(12)11-18(27)22-13-8-9-16(29-2)17(10-13)30-3/h4-10H,11H2,1-3H3,(H,22,27)(H,23,28). The van der Waals surface area contributed by atoms with Crippen LogP contribution in [0.3, 0.4) is 0 Å². The number of halogens is 1. The van der Waals surface area contributed by atoms with E-state index in [4.69, 9.17) is 9.47 Å². The number of rotatable bonds is 7. The van der Waals surface area contributed by atoms with Gasteiger partial charge in [-0.1, -0.05) is 17.3 Å². The van der Waals surface area contributed by atoms with Crippen LogP contribution in [0, 0.1) is 12.7 Å². The van der Waals surface area contributed by atoms with Gasteiger partial charge in [0, 0.05) is 11.8 Å². The van der Waals surface area contributed by atoms with Gasteiger partial charge in [0.1, 0.15) is 12.4 Å². The van der Waals surface area contributed by atoms with Crippen molar-refractivity contribution in [3.05, 3.63) is 59.7 Å². The van der Waals surface area contributed by atoms with E-state index in [1.54, 1.807) is 31.2 Å². The van der Waals surface area contributed by atoms with E-state index >= 15 is 0 Å². The topological polar surface area (TPSA) is 107 Å². The molecule has 0 aliphatic carbocycles. The number of nitrogens with zero attached hydrogens (tertiary/aromatic N) is 3. The zero-order valence-electron chi connectivity index (χ0n) is 16.6. The fourth-order valence-electron chi connectivity index (χ4n) is 2.71. The number of aromatic nitrogens is 3. The largest absolute Gasteiger partial charge is 0.493 e. The monoisotopic (exact) mass is 413 g/mol. The van der Waals surface area contributed by atoms with Gasteiger partial charge in [-0.15, -0.1) is 5.10 Å². The molecule has 0 saturated carbocycles. The molecule has 0 atom stereocenters. The molecule has 9 nitrogen and oxygen atoms in total. The van der Waals surface area contributed by atoms with Crippen LogP contribution in [0.15, 0.2) is 42.5 Å². The van der Waals surface area contributed by atoms with Gasteiger partial charge in [-0.05, 0) is 31.2 Å². The predicted molar refractivity (Wildman–Crippen MR) is 107 cm³/mol. The molecule has 0 bridgehead atoms. The maximum absolute atomic E-state index is 13.7. The summed E-state index contributed by atoms with van der Waals surface area (Å²) in [6, 6.07) is 10.7. The first kappa shape index (κ1) is 20.8. The highest BCUT2D eigenvalue weighted by molar-refractivity contribution is 6.03. The number of carbonyl (C=O) groups excluding carboxylic acids is 2. The first-order valence-electron chi connectivity index (χ1n) is 8.90. The van der Waals surface area contributed by atoms with Crippen LogP contribution < -0.4 is 20.1 Å². The van der Waals surface area contributed by atoms with E-state index in [0.29, 0.717) is 22.9 Å². The van der Waals surface area contributed by atoms with Gasteiger partial charge in [0.05, 0.1) is 25.6 Å². The second-order valence-corrected chi connectivity index (χ2v) is 6.23. The molecule has 2 aromatic carbocycles. The Morgan fingerprint density at radius 3 is 2.50 bits per heavy atom. The lowest BCUT2D eigenvalue weighted by atomic mass is 10.2. The smallest absolute Gasteiger partial charge is 0.278 e. The van der Waals surface area contributed by atoms with Crippen molar-refractivity contribution in [2.75, 3.05) is 24.9 Å². The van der Waals surface area contributed by atoms with E-state index in [0.717, 1.165) is 0 Å². The van der Waals surface area contributed by atoms with Gasteiger partial charge in [-0.25, -0.2) is 9.07 Å². The lowest BCUT2D eigenvalue weighted by molar-refractivity contribution is -0.117. The highest BCUT2D eigenvalue weighted by Gasteiger charge is 2.19. The van der Waals surface area contributed by atoms with Crippen molar-refractivity contribution >= 4 is 23.2 Å². The molecule has 1 aromatic heterocycles. The van der Waals surface area contributed by atoms with Crippen LogP contribution in [0.2, 0.25) is 0 Å². The fourth-order valence-corrected chi connectivity index (χ4v) is 2.71. The molecule has 0 radical (unpaired) electrons. The Hall–Kier alpha value is -3.95. The van der Waals surface area contributed by atoms with Gasteiger partial charge < -0.3 is 20.1 Å². The van der Waals surface area contributed by atoms with Crippen LogP contribution >= 0.6 is 0 Å². The van der Waals surface area contributed by atoms with Gasteiger partial charge in [0.15, 0.2) is 17.2 Å². The van der Waals surface area contributed by atoms with Crippen molar-refractivity contribution in [1.82, 2.24) is 15.0 Å². The van der Waals surface area contributed by atoms with E-state index in [1.807, 2.05) is 0 Å². The Morgan fingerprint density at radius 1 is 1.07 bits per heavy atom. The van der Waals surface area contributed by atoms with Crippen molar-refractivity contribution in [3.63, 3.8) is 0 Å². The molecule has 0 saturated heterocycles. The number of methoxy groups -OCH3 is 2. The third-order valence-electron chi connectivity index (χ3n) is 4.28. The Balaban J connectivity index is 1.68. The van der Waals surface area contributed by atoms with Crippen LogP contribution in [0.5, 0.6) is 11.5 Å². The van der Waals surface area contributed by atoms with Crippen LogP contribution in [0.1, 0.15) is 16.2 Å². The van der Waals surface area contributed by atoms with Crippen LogP contribution in [0.25, 0.3) is 0 Å². The molecule has 2 amide bonds. The second kappa shape index (κ2) is 9.03. The zero-order valence-corrected chi connectivity index (χ0v) is 16.6. The van der Waals surface area contributed by atoms with E-state index in [-0.39, 0.29) is 23.8 Å². The number of benzene rings is 2. The quantitative estimate of drug-likeness (QED) is 0.617. The van der Waals surface area contributed by atoms with E-state index in [9.17, 15) is 14.0 Å². The average Bonchev–Trinajstić information content (AvgIpc) is 3.09. The number of anilines is 2. The lowest BCUT2D eigenvalue weighted by Crippen LogP contribution is -2.21. The molecule has 10 heteroatoms. The van der Waals surface area contributed by atoms with Gasteiger partial charge in [-0.3, -0.25) is 9.59 Å². The second-order valence-electron chi connectivity index (χ2n) is 6.23. The number of amides is 2. The SMILES string of the molecule is COc1ccc(NC(=O)Cn2nnc(C(=O)Nc3ccccc3F)c2C)cc1OC. The molecule has 3 rings (SSSR count). The third kappa shape index (κ3) is 4.54. The van der Waals surface area contributed by atoms with Gasteiger partial charge in [0.2, 0.25) is 5.91 Å². The molecule has 0 spiro atoms. The molecular formula is C20H20FN5O4. The molecule has 1 heterocycles. The molecule has 2 N–H and O–H groups in total. The molecule has 3 aromatic rings. The Labute approximate surface area is 171 Å². The number of hydrogen-bond donors (Lipinski definition) is 2. The first-order valence-corrected chi connectivity index (χ1v) is 8.90. The van der Waals surface area contributed by atoms with E-state index in [2.05, 4.69) is 20.9 Å². The van der Waals surface area contributed by atoms with Crippen LogP contribution in [-0.2, 0) is 11.3 Å². The van der Waals surface area contributed by atoms with Crippen LogP contribution in [-0.4, -0.2) is 41.0 Å². The van der Waals surface area contributed by atoms with E-state index in [1.165, 1.54) is 37.1 Å². The van der Waals surface area contributed by atoms with E-state index < -0.39 is 11.7 Å². The molecule has 30 heavy (non-hydrogen) atoms. The number of para-hydroxylation sites is 1. The lowest BCUT2D eigenvalue weighted by Gasteiger charge is -2.11. The van der Waals surface area contributed by atoms with Crippen molar-refractivity contribution in [2.24, 2.45) is 0 Å². The third-order valence-corrected chi connectivity index (χ3v) is 4.28. The summed E-state index contributed by atoms with van der Waals surface area (Å²) in [5.74, 6) is -0.557. The van der Waals surface area contributed by atoms with Crippen molar-refractivity contribution < 1.29 is 23.5 Å². The number of nitrogens with one attached hydrogen (secondary N) is 2. The summed E-state index contributed by atoms with van der Waals surface area (Å²) in [6.07, 6.45) is 0. The zero-order chi connectivity index (χ0) is 21.7.